The van der Waals surface area contributed by atoms with Gasteiger partial charge in [-0.15, -0.1) is 0 Å². The van der Waals surface area contributed by atoms with E-state index >= 15 is 0 Å². The maximum absolute atomic E-state index is 12.4. The summed E-state index contributed by atoms with van der Waals surface area (Å²) in [5, 5.41) is 9.79. The summed E-state index contributed by atoms with van der Waals surface area (Å²) in [4.78, 5) is 24.6. The molecule has 0 aliphatic heterocycles. The van der Waals surface area contributed by atoms with Gasteiger partial charge >= 0.3 is 0 Å². The minimum Gasteiger partial charge on any atom is -0.350 e. The van der Waals surface area contributed by atoms with Crippen molar-refractivity contribution in [3.05, 3.63) is 45.7 Å². The lowest BCUT2D eigenvalue weighted by Gasteiger charge is -2.14. The Morgan fingerprint density at radius 1 is 1.22 bits per heavy atom. The monoisotopic (exact) mass is 354 g/mol. The number of aromatic nitrogens is 2. The van der Waals surface area contributed by atoms with E-state index in [0.29, 0.717) is 0 Å². The summed E-state index contributed by atoms with van der Waals surface area (Å²) >= 11 is 11.9. The summed E-state index contributed by atoms with van der Waals surface area (Å²) in [6.07, 6.45) is 0. The van der Waals surface area contributed by atoms with Crippen molar-refractivity contribution in [3.8, 4) is 0 Å². The molecule has 8 heteroatoms. The summed E-state index contributed by atoms with van der Waals surface area (Å²) < 4.78 is 1.35. The molecule has 0 aliphatic carbocycles. The van der Waals surface area contributed by atoms with Crippen molar-refractivity contribution in [2.45, 2.75) is 19.9 Å². The number of carbonyl (C=O) groups is 2. The van der Waals surface area contributed by atoms with Gasteiger partial charge in [0.25, 0.3) is 11.8 Å². The Bertz CT molecular complexity index is 756. The van der Waals surface area contributed by atoms with Crippen LogP contribution in [0.4, 0.5) is 5.69 Å². The average molecular weight is 355 g/mol. The van der Waals surface area contributed by atoms with Gasteiger partial charge in [-0.05, 0) is 26.0 Å². The molecule has 122 valence electrons. The van der Waals surface area contributed by atoms with Crippen LogP contribution in [0.25, 0.3) is 0 Å². The number of hydrogen-bond donors (Lipinski definition) is 2. The molecule has 0 radical (unpaired) electrons. The molecule has 23 heavy (non-hydrogen) atoms. The highest BCUT2D eigenvalue weighted by Gasteiger charge is 2.19. The minimum atomic E-state index is -0.460. The maximum atomic E-state index is 12.4. The molecule has 2 aromatic rings. The van der Waals surface area contributed by atoms with Crippen LogP contribution < -0.4 is 10.6 Å². The number of hydrogen-bond acceptors (Lipinski definition) is 3. The molecule has 1 aromatic heterocycles. The topological polar surface area (TPSA) is 76.0 Å². The van der Waals surface area contributed by atoms with Crippen molar-refractivity contribution in [1.82, 2.24) is 15.1 Å². The molecule has 0 aliphatic rings. The predicted molar refractivity (Wildman–Crippen MR) is 90.2 cm³/mol. The van der Waals surface area contributed by atoms with Gasteiger partial charge in [0.15, 0.2) is 5.15 Å². The van der Waals surface area contributed by atoms with Crippen molar-refractivity contribution in [2.75, 3.05) is 5.32 Å². The summed E-state index contributed by atoms with van der Waals surface area (Å²) in [6.45, 7) is 3.69. The van der Waals surface area contributed by atoms with Crippen molar-refractivity contribution < 1.29 is 9.59 Å². The van der Waals surface area contributed by atoms with Gasteiger partial charge in [0, 0.05) is 19.2 Å². The van der Waals surface area contributed by atoms with Crippen LogP contribution >= 0.6 is 23.2 Å². The van der Waals surface area contributed by atoms with E-state index in [-0.39, 0.29) is 39.1 Å². The number of para-hydroxylation sites is 1. The van der Waals surface area contributed by atoms with Gasteiger partial charge < -0.3 is 10.6 Å². The van der Waals surface area contributed by atoms with Gasteiger partial charge in [0.1, 0.15) is 5.69 Å². The van der Waals surface area contributed by atoms with Crippen molar-refractivity contribution in [1.29, 1.82) is 0 Å². The number of halogens is 2. The highest BCUT2D eigenvalue weighted by atomic mass is 35.5. The fourth-order valence-corrected chi connectivity index (χ4v) is 2.44. The molecule has 0 atom stereocenters. The van der Waals surface area contributed by atoms with Crippen molar-refractivity contribution >= 4 is 40.7 Å². The lowest BCUT2D eigenvalue weighted by Crippen LogP contribution is -2.31. The van der Waals surface area contributed by atoms with E-state index in [4.69, 9.17) is 23.2 Å². The standard InChI is InChI=1S/C15H16Cl2N4O2/c1-8(2)18-14(22)9-5-4-6-10(16)13(9)19-15(23)11-7-12(17)20-21(11)3/h4-8H,1-3H3,(H,18,22)(H,19,23). The first-order valence-electron chi connectivity index (χ1n) is 6.90. The zero-order valence-electron chi connectivity index (χ0n) is 12.9. The zero-order valence-corrected chi connectivity index (χ0v) is 14.4. The third kappa shape index (κ3) is 4.03. The van der Waals surface area contributed by atoms with Crippen LogP contribution in [0.5, 0.6) is 0 Å². The highest BCUT2D eigenvalue weighted by molar-refractivity contribution is 6.35. The van der Waals surface area contributed by atoms with E-state index < -0.39 is 5.91 Å². The Hall–Kier alpha value is -2.05. The Labute approximate surface area is 143 Å². The molecular formula is C15H16Cl2N4O2. The van der Waals surface area contributed by atoms with Gasteiger partial charge in [0.05, 0.1) is 16.3 Å². The smallest absolute Gasteiger partial charge is 0.274 e. The summed E-state index contributed by atoms with van der Waals surface area (Å²) in [7, 11) is 1.60. The number of amides is 2. The SMILES string of the molecule is CC(C)NC(=O)c1cccc(Cl)c1NC(=O)c1cc(Cl)nn1C. The van der Waals surface area contributed by atoms with Crippen LogP contribution in [0.2, 0.25) is 10.2 Å². The first-order valence-corrected chi connectivity index (χ1v) is 7.65. The van der Waals surface area contributed by atoms with Crippen molar-refractivity contribution in [2.24, 2.45) is 7.05 Å². The van der Waals surface area contributed by atoms with E-state index in [9.17, 15) is 9.59 Å². The van der Waals surface area contributed by atoms with E-state index in [1.807, 2.05) is 13.8 Å². The van der Waals surface area contributed by atoms with Gasteiger partial charge in [-0.25, -0.2) is 0 Å². The number of carbonyl (C=O) groups excluding carboxylic acids is 2. The van der Waals surface area contributed by atoms with E-state index in [1.165, 1.54) is 10.7 Å². The maximum Gasteiger partial charge on any atom is 0.274 e. The van der Waals surface area contributed by atoms with E-state index in [2.05, 4.69) is 15.7 Å². The molecule has 1 heterocycles. The number of benzene rings is 1. The van der Waals surface area contributed by atoms with E-state index in [1.54, 1.807) is 25.2 Å². The highest BCUT2D eigenvalue weighted by Crippen LogP contribution is 2.27. The Balaban J connectivity index is 2.34. The fraction of sp³-hybridized carbons (Fsp3) is 0.267. The number of anilines is 1. The van der Waals surface area contributed by atoms with Gasteiger partial charge in [-0.3, -0.25) is 14.3 Å². The van der Waals surface area contributed by atoms with Crippen LogP contribution in [0.3, 0.4) is 0 Å². The predicted octanol–water partition coefficient (Wildman–Crippen LogP) is 3.12. The number of nitrogens with zero attached hydrogens (tertiary/aromatic N) is 2. The van der Waals surface area contributed by atoms with Crippen LogP contribution in [-0.2, 0) is 7.05 Å². The molecule has 2 amide bonds. The molecule has 0 bridgehead atoms. The second kappa shape index (κ2) is 7.02. The first-order chi connectivity index (χ1) is 10.8. The molecule has 0 unspecified atom stereocenters. The molecule has 0 saturated carbocycles. The molecule has 0 spiro atoms. The molecule has 2 N–H and O–H groups in total. The lowest BCUT2D eigenvalue weighted by atomic mass is 10.1. The largest absolute Gasteiger partial charge is 0.350 e. The van der Waals surface area contributed by atoms with Crippen LogP contribution in [0.1, 0.15) is 34.7 Å². The van der Waals surface area contributed by atoms with Gasteiger partial charge in [0.2, 0.25) is 0 Å². The average Bonchev–Trinajstić information content (AvgIpc) is 2.79. The van der Waals surface area contributed by atoms with Crippen LogP contribution in [-0.4, -0.2) is 27.6 Å². The molecule has 6 nitrogen and oxygen atoms in total. The Kier molecular flexibility index (Phi) is 5.28. The van der Waals surface area contributed by atoms with Crippen LogP contribution in [0.15, 0.2) is 24.3 Å². The second-order valence-corrected chi connectivity index (χ2v) is 6.02. The lowest BCUT2D eigenvalue weighted by molar-refractivity contribution is 0.0944. The minimum absolute atomic E-state index is 0.0408. The summed E-state index contributed by atoms with van der Waals surface area (Å²) in [5.74, 6) is -0.778. The third-order valence-corrected chi connectivity index (χ3v) is 3.50. The van der Waals surface area contributed by atoms with Crippen molar-refractivity contribution in [3.63, 3.8) is 0 Å². The van der Waals surface area contributed by atoms with Gasteiger partial charge in [-0.2, -0.15) is 5.10 Å². The zero-order chi connectivity index (χ0) is 17.1. The number of aryl methyl sites for hydroxylation is 1. The normalized spacial score (nSPS) is 10.7. The summed E-state index contributed by atoms with van der Waals surface area (Å²) in [6, 6.07) is 6.23. The first kappa shape index (κ1) is 17.3. The third-order valence-electron chi connectivity index (χ3n) is 3.00. The van der Waals surface area contributed by atoms with Gasteiger partial charge in [-0.1, -0.05) is 29.3 Å². The Morgan fingerprint density at radius 2 is 1.91 bits per heavy atom. The quantitative estimate of drug-likeness (QED) is 0.885. The molecule has 1 aromatic carbocycles. The number of rotatable bonds is 4. The number of nitrogens with one attached hydrogen (secondary N) is 2. The molecule has 2 rings (SSSR count). The second-order valence-electron chi connectivity index (χ2n) is 5.22. The van der Waals surface area contributed by atoms with Crippen LogP contribution in [0, 0.1) is 0 Å². The Morgan fingerprint density at radius 3 is 2.48 bits per heavy atom. The van der Waals surface area contributed by atoms with E-state index in [0.717, 1.165) is 0 Å². The summed E-state index contributed by atoms with van der Waals surface area (Å²) in [5.41, 5.74) is 0.785. The fourth-order valence-electron chi connectivity index (χ4n) is 2.00. The molecule has 0 saturated heterocycles. The molecule has 0 fully saturated rings. The molecular weight excluding hydrogens is 339 g/mol.